The maximum Gasteiger partial charge on any atom is 0.401 e. The van der Waals surface area contributed by atoms with Gasteiger partial charge in [0.05, 0.1) is 95.8 Å². The van der Waals surface area contributed by atoms with Gasteiger partial charge >= 0.3 is 12.2 Å². The van der Waals surface area contributed by atoms with Crippen LogP contribution in [0.2, 0.25) is 0 Å². The molecule has 5 spiro atoms. The van der Waals surface area contributed by atoms with E-state index in [2.05, 4.69) is 95.2 Å². The zero-order valence-electron chi connectivity index (χ0n) is 84.2. The summed E-state index contributed by atoms with van der Waals surface area (Å²) in [5.74, 6) is 2.06. The summed E-state index contributed by atoms with van der Waals surface area (Å²) in [4.78, 5) is 133. The first-order valence-corrected chi connectivity index (χ1v) is 52.4. The number of carbonyl (C=O) groups excluding carboxylic acids is 10. The summed E-state index contributed by atoms with van der Waals surface area (Å²) < 4.78 is 80.5. The van der Waals surface area contributed by atoms with Crippen molar-refractivity contribution in [3.8, 4) is 28.7 Å². The van der Waals surface area contributed by atoms with Gasteiger partial charge in [-0.05, 0) is 322 Å². The average molecular weight is 2030 g/mol. The van der Waals surface area contributed by atoms with Gasteiger partial charge in [-0.1, -0.05) is 67.6 Å². The minimum atomic E-state index is -4.37. The number of benzene rings is 6. The van der Waals surface area contributed by atoms with Gasteiger partial charge in [0.25, 0.3) is 5.91 Å². The van der Waals surface area contributed by atoms with Gasteiger partial charge in [-0.25, -0.2) is 9.18 Å². The maximum atomic E-state index is 13.3. The fourth-order valence-electron chi connectivity index (χ4n) is 33.3. The number of nitrogens with one attached hydrogen (secondary N) is 7. The van der Waals surface area contributed by atoms with Crippen LogP contribution >= 0.6 is 0 Å². The molecule has 35 heteroatoms. The van der Waals surface area contributed by atoms with E-state index in [0.29, 0.717) is 127 Å². The van der Waals surface area contributed by atoms with E-state index in [4.69, 9.17) is 23.7 Å². The number of amides is 7. The van der Waals surface area contributed by atoms with Gasteiger partial charge in [0.15, 0.2) is 23.1 Å². The minimum absolute atomic E-state index is 0.0154. The molecule has 6 aromatic rings. The van der Waals surface area contributed by atoms with Crippen LogP contribution in [0.1, 0.15) is 222 Å². The molecule has 20 aliphatic rings. The molecule has 31 nitrogen and oxygen atoms in total. The lowest BCUT2D eigenvalue weighted by molar-refractivity contribution is -0.209. The van der Waals surface area contributed by atoms with Gasteiger partial charge in [-0.3, -0.25) is 68.1 Å². The van der Waals surface area contributed by atoms with Crippen molar-refractivity contribution < 1.29 is 115 Å². The molecule has 0 radical (unpaired) electrons. The third kappa shape index (κ3) is 15.1. The van der Waals surface area contributed by atoms with E-state index in [1.54, 1.807) is 34.5 Å². The van der Waals surface area contributed by atoms with E-state index in [0.717, 1.165) is 121 Å². The molecular formula is C112H133F4N11O20. The van der Waals surface area contributed by atoms with Gasteiger partial charge in [-0.2, -0.15) is 13.2 Å². The van der Waals surface area contributed by atoms with Crippen LogP contribution in [0.15, 0.2) is 121 Å². The Morgan fingerprint density at radius 3 is 1.01 bits per heavy atom. The van der Waals surface area contributed by atoms with Crippen molar-refractivity contribution in [3.63, 3.8) is 0 Å². The maximum absolute atomic E-state index is 13.3. The van der Waals surface area contributed by atoms with E-state index >= 15 is 0 Å². The number of nitrogens with zero attached hydrogens (tertiary/aromatic N) is 4. The number of likely N-dealkylation sites (N-methyl/N-ethyl adjacent to an activating group) is 1. The van der Waals surface area contributed by atoms with Crippen LogP contribution in [-0.2, 0) is 109 Å². The van der Waals surface area contributed by atoms with Gasteiger partial charge in [-0.15, -0.1) is 0 Å². The summed E-state index contributed by atoms with van der Waals surface area (Å²) in [6, 6.07) is 38.7. The number of imide groups is 1. The Kier molecular flexibility index (Phi) is 24.4. The highest BCUT2D eigenvalue weighted by Crippen LogP contribution is 2.68. The Bertz CT molecular complexity index is 6440. The number of fused-ring (bicyclic) bond motifs is 5. The molecule has 15 fully saturated rings. The van der Waals surface area contributed by atoms with E-state index < -0.39 is 114 Å². The summed E-state index contributed by atoms with van der Waals surface area (Å²) in [5.41, 5.74) is -1.39. The van der Waals surface area contributed by atoms with Crippen LogP contribution in [0.3, 0.4) is 0 Å². The van der Waals surface area contributed by atoms with Crippen molar-refractivity contribution in [3.05, 3.63) is 183 Å². The third-order valence-corrected chi connectivity index (χ3v) is 40.2. The summed E-state index contributed by atoms with van der Waals surface area (Å²) in [7, 11) is 8.09. The number of ketones is 4. The molecule has 6 aromatic carbocycles. The molecular weight excluding hydrogens is 1900 g/mol. The number of urea groups is 1. The normalized spacial score (nSPS) is 38.0. The van der Waals surface area contributed by atoms with E-state index in [1.807, 2.05) is 78.9 Å². The average Bonchev–Trinajstić information content (AvgIpc) is 1.60. The first-order chi connectivity index (χ1) is 70.1. The number of Topliss-reactive ketones (excluding diaryl/α,β-unsaturated/α-hetero) is 4. The third-order valence-electron chi connectivity index (χ3n) is 40.2. The predicted molar refractivity (Wildman–Crippen MR) is 527 cm³/mol. The molecule has 5 saturated carbocycles. The Labute approximate surface area is 850 Å². The highest BCUT2D eigenvalue weighted by Gasteiger charge is 2.76. The summed E-state index contributed by atoms with van der Waals surface area (Å²) in [6.45, 7) is 5.89. The molecule has 10 aliphatic carbocycles. The smallest absolute Gasteiger partial charge is 0.401 e. The summed E-state index contributed by atoms with van der Waals surface area (Å²) in [5, 5.41) is 81.3. The first kappa shape index (κ1) is 101. The molecule has 26 rings (SSSR count). The zero-order chi connectivity index (χ0) is 103. The second-order valence-corrected chi connectivity index (χ2v) is 46.2. The van der Waals surface area contributed by atoms with E-state index in [1.165, 1.54) is 34.3 Å². The molecule has 10 heterocycles. The Morgan fingerprint density at radius 2 is 0.673 bits per heavy atom. The zero-order valence-corrected chi connectivity index (χ0v) is 84.2. The van der Waals surface area contributed by atoms with Crippen LogP contribution in [0.5, 0.6) is 28.7 Å². The second-order valence-electron chi connectivity index (χ2n) is 46.2. The van der Waals surface area contributed by atoms with Gasteiger partial charge < -0.3 is 81.1 Å². The Hall–Kier alpha value is -10.9. The number of piperidine rings is 5. The summed E-state index contributed by atoms with van der Waals surface area (Å²) >= 11 is 0. The number of hydrogen-bond donors (Lipinski definition) is 12. The number of halogens is 4. The fourth-order valence-corrected chi connectivity index (χ4v) is 33.3. The highest BCUT2D eigenvalue weighted by atomic mass is 19.4. The minimum Gasteiger partial charge on any atom is -0.497 e. The van der Waals surface area contributed by atoms with Gasteiger partial charge in [0, 0.05) is 70.4 Å². The predicted octanol–water partition coefficient (Wildman–Crippen LogP) is 7.32. The molecule has 10 saturated heterocycles. The molecule has 7 amide bonds. The number of carbonyl (C=O) groups is 10. The monoisotopic (exact) mass is 2030 g/mol. The van der Waals surface area contributed by atoms with Crippen molar-refractivity contribution in [2.45, 2.75) is 319 Å². The lowest BCUT2D eigenvalue weighted by Gasteiger charge is -2.66. The van der Waals surface area contributed by atoms with Crippen LogP contribution in [0.4, 0.5) is 22.4 Å². The number of ether oxygens (including phenoxy) is 5. The van der Waals surface area contributed by atoms with E-state index in [-0.39, 0.29) is 135 Å². The van der Waals surface area contributed by atoms with Crippen LogP contribution in [0.25, 0.3) is 0 Å². The molecule has 10 bridgehead atoms. The van der Waals surface area contributed by atoms with E-state index in [9.17, 15) is 91.0 Å². The number of rotatable bonds is 11. The molecule has 0 aromatic heterocycles. The van der Waals surface area contributed by atoms with Crippen molar-refractivity contribution in [2.75, 3.05) is 94.6 Å². The summed E-state index contributed by atoms with van der Waals surface area (Å²) in [6.07, 6.45) is 7.70. The van der Waals surface area contributed by atoms with Crippen molar-refractivity contribution in [1.29, 1.82) is 0 Å². The van der Waals surface area contributed by atoms with Gasteiger partial charge in [0.2, 0.25) is 23.6 Å². The van der Waals surface area contributed by atoms with Crippen LogP contribution in [-0.4, -0.2) is 290 Å². The number of alkyl halides is 4. The van der Waals surface area contributed by atoms with Gasteiger partial charge in [0.1, 0.15) is 63.1 Å². The molecule has 0 unspecified atom stereocenters. The quantitative estimate of drug-likeness (QED) is 0.0343. The van der Waals surface area contributed by atoms with Crippen LogP contribution in [0, 0.1) is 0 Å². The Morgan fingerprint density at radius 1 is 0.361 bits per heavy atom. The lowest BCUT2D eigenvalue weighted by Crippen LogP contribution is -2.76. The number of hydrogen-bond acceptors (Lipinski definition) is 25. The largest absolute Gasteiger partial charge is 0.497 e. The molecule has 784 valence electrons. The second kappa shape index (κ2) is 35.7. The van der Waals surface area contributed by atoms with Crippen LogP contribution < -0.4 is 60.9 Å². The highest BCUT2D eigenvalue weighted by molar-refractivity contribution is 6.13. The molecule has 20 atom stereocenters. The number of aliphatic hydroxyl groups is 5. The topological polar surface area (TPSA) is 415 Å². The number of methoxy groups -OCH3 is 5. The van der Waals surface area contributed by atoms with Crippen molar-refractivity contribution >= 4 is 58.7 Å². The SMILES string of the molecule is CCN1CC[C@]23C[C@]4(CC[C@@]2(O)[C@H]1Cc1ccc(OC)cc13)NC(=O)CC4=O.COc1ccc2c(c1)[C@]13CCN(CC(F)(F)F)[C@H](C2)[C@]1(O)CC[C@@]1(C3)NC(=O)CC1=O.COc1ccc2c(c1)[C@]13CCN(CCF)[C@H](C2)[C@]1(O)CC[C@@]1(C3)NC(=O)CC1=O.COc1ccc2c(c1)[C@]13CCN(Cc4ccccc4)[C@H](C2)[C@]1(O)CC[C@@]1(C3)NC(=O)NC1=O.COc1ccc2c(c1)[C@]13CCN[C@H](C2)[C@]1(O)CC[C@@]1(C3)NC(=O)CC1=O. The fraction of sp³-hybridized carbons (Fsp3) is 0.589. The number of likely N-dealkylation sites (tertiary alicyclic amines) is 4. The molecule has 12 N–H and O–H groups in total. The standard InChI is InChI=1S/C26H29N3O4.C22H25F3N2O4.C22H27FN2O4.C22H28N2O4.C20H24N2O4/c1-33-19-8-7-18-13-21-26(32)10-9-25(22(30)27-23(31)28-25)16-24(26,20(18)14-19)11-12-29(21)15-17-5-3-2-4-6-17;1-31-14-3-2-13-8-16-21(30)5-4-20(17(28)10-18(29)26-20)11-19(21,15(13)9-14)6-7-27(16)12-22(23,24)25;1-29-15-3-2-14-10-17-22(28)5-4-21(18(26)12-19(27)24-21)13-20(22,16(14)11-15)6-8-25(17)9-7-23;1-3-24-9-8-20-13-21(18(25)12-19(26)23-21)6-7-22(20,27)17(24)10-14-4-5-15(28-2)11-16(14)20;1-26-13-3-2-12-8-15-20(25)5-4-19(16(23)10-17(24)22-19)11-18(20,6-7-21-15)14(12)9-13/h2-8,14,21,32H,9-13,15-16H2,1H3,(H2,27,28,30,31);2-3,9,16,30H,4-8,10-12H2,1H3,(H,26,29);2-3,11,17,28H,4-10,12-13H2,1H3,(H,24,27);4-5,11,17,27H,3,6-10,12-13H2,1-2H3,(H,23,26);2-3,9,15,21,25H,4-8,10-11H2,1H3,(H,22,24)/t21-,24-,25+,26-;16-,19-,20+,21-;2*17-,20-,21+,22-;15-,18-,19+,20-/m11111/s1. The molecule has 10 aliphatic heterocycles. The van der Waals surface area contributed by atoms with Crippen molar-refractivity contribution in [2.24, 2.45) is 0 Å². The van der Waals surface area contributed by atoms with Crippen molar-refractivity contribution in [1.82, 2.24) is 56.8 Å². The Balaban J connectivity index is 0.000000105. The first-order valence-electron chi connectivity index (χ1n) is 52.4. The lowest BCUT2D eigenvalue weighted by atomic mass is 9.46. The molecule has 147 heavy (non-hydrogen) atoms.